The van der Waals surface area contributed by atoms with Crippen LogP contribution < -0.4 is 5.73 Å². The second-order valence-electron chi connectivity index (χ2n) is 4.59. The third kappa shape index (κ3) is 7.80. The predicted octanol–water partition coefficient (Wildman–Crippen LogP) is 3.49. The fraction of sp³-hybridized carbons (Fsp3) is 1.00. The molecule has 0 aliphatic heterocycles. The Balaban J connectivity index is 3.78. The first-order valence-corrected chi connectivity index (χ1v) is 6.52. The SMILES string of the molecule is CCCCCCC(C)(CCCN)OCC. The highest BCUT2D eigenvalue weighted by molar-refractivity contribution is 4.75. The molecule has 0 fully saturated rings. The summed E-state index contributed by atoms with van der Waals surface area (Å²) in [7, 11) is 0. The van der Waals surface area contributed by atoms with Crippen LogP contribution in [0.1, 0.15) is 65.7 Å². The Morgan fingerprint density at radius 3 is 2.20 bits per heavy atom. The molecule has 0 aromatic heterocycles. The molecule has 15 heavy (non-hydrogen) atoms. The van der Waals surface area contributed by atoms with E-state index in [2.05, 4.69) is 20.8 Å². The lowest BCUT2D eigenvalue weighted by Crippen LogP contribution is -2.29. The van der Waals surface area contributed by atoms with Gasteiger partial charge in [0, 0.05) is 6.61 Å². The Hall–Kier alpha value is -0.0800. The van der Waals surface area contributed by atoms with Crippen molar-refractivity contribution in [2.45, 2.75) is 71.3 Å². The van der Waals surface area contributed by atoms with Crippen LogP contribution in [0.4, 0.5) is 0 Å². The van der Waals surface area contributed by atoms with Crippen LogP contribution in [0.2, 0.25) is 0 Å². The van der Waals surface area contributed by atoms with Gasteiger partial charge in [0.25, 0.3) is 0 Å². The molecular formula is C13H29NO. The van der Waals surface area contributed by atoms with E-state index in [-0.39, 0.29) is 5.60 Å². The van der Waals surface area contributed by atoms with Gasteiger partial charge in [0.2, 0.25) is 0 Å². The zero-order valence-corrected chi connectivity index (χ0v) is 10.8. The maximum atomic E-state index is 5.86. The van der Waals surface area contributed by atoms with Crippen LogP contribution in [-0.2, 0) is 4.74 Å². The quantitative estimate of drug-likeness (QED) is 0.566. The van der Waals surface area contributed by atoms with Gasteiger partial charge in [0.15, 0.2) is 0 Å². The highest BCUT2D eigenvalue weighted by Gasteiger charge is 2.22. The van der Waals surface area contributed by atoms with Crippen LogP contribution in [0.5, 0.6) is 0 Å². The number of hydrogen-bond donors (Lipinski definition) is 1. The van der Waals surface area contributed by atoms with E-state index in [4.69, 9.17) is 10.5 Å². The summed E-state index contributed by atoms with van der Waals surface area (Å²) in [6.07, 6.45) is 8.62. The Kier molecular flexibility index (Phi) is 9.12. The minimum atomic E-state index is 0.0713. The summed E-state index contributed by atoms with van der Waals surface area (Å²) in [5.74, 6) is 0. The lowest BCUT2D eigenvalue weighted by atomic mass is 9.92. The van der Waals surface area contributed by atoms with Crippen molar-refractivity contribution >= 4 is 0 Å². The highest BCUT2D eigenvalue weighted by atomic mass is 16.5. The summed E-state index contributed by atoms with van der Waals surface area (Å²) in [5.41, 5.74) is 5.62. The van der Waals surface area contributed by atoms with E-state index in [1.54, 1.807) is 0 Å². The molecule has 0 aliphatic rings. The smallest absolute Gasteiger partial charge is 0.0654 e. The van der Waals surface area contributed by atoms with Crippen LogP contribution in [0, 0.1) is 0 Å². The Morgan fingerprint density at radius 2 is 1.67 bits per heavy atom. The highest BCUT2D eigenvalue weighted by Crippen LogP contribution is 2.24. The fourth-order valence-electron chi connectivity index (χ4n) is 2.02. The van der Waals surface area contributed by atoms with Gasteiger partial charge in [-0.15, -0.1) is 0 Å². The van der Waals surface area contributed by atoms with Crippen molar-refractivity contribution in [2.24, 2.45) is 5.73 Å². The van der Waals surface area contributed by atoms with Gasteiger partial charge < -0.3 is 10.5 Å². The van der Waals surface area contributed by atoms with Crippen molar-refractivity contribution < 1.29 is 4.74 Å². The van der Waals surface area contributed by atoms with Crippen molar-refractivity contribution in [2.75, 3.05) is 13.2 Å². The topological polar surface area (TPSA) is 35.2 Å². The summed E-state index contributed by atoms with van der Waals surface area (Å²) in [6.45, 7) is 8.15. The second-order valence-corrected chi connectivity index (χ2v) is 4.59. The summed E-state index contributed by atoms with van der Waals surface area (Å²) >= 11 is 0. The third-order valence-corrected chi connectivity index (χ3v) is 2.96. The van der Waals surface area contributed by atoms with Crippen LogP contribution in [0.15, 0.2) is 0 Å². The van der Waals surface area contributed by atoms with E-state index >= 15 is 0 Å². The lowest BCUT2D eigenvalue weighted by Gasteiger charge is -2.29. The Bertz CT molecular complexity index is 138. The van der Waals surface area contributed by atoms with Crippen LogP contribution in [0.25, 0.3) is 0 Å². The first-order valence-electron chi connectivity index (χ1n) is 6.52. The van der Waals surface area contributed by atoms with E-state index in [0.29, 0.717) is 0 Å². The summed E-state index contributed by atoms with van der Waals surface area (Å²) < 4.78 is 5.86. The molecule has 1 atom stereocenters. The van der Waals surface area contributed by atoms with E-state index in [9.17, 15) is 0 Å². The van der Waals surface area contributed by atoms with Crippen molar-refractivity contribution in [3.05, 3.63) is 0 Å². The molecule has 0 aliphatic carbocycles. The molecule has 0 aromatic rings. The molecule has 0 radical (unpaired) electrons. The monoisotopic (exact) mass is 215 g/mol. The summed E-state index contributed by atoms with van der Waals surface area (Å²) in [4.78, 5) is 0. The zero-order valence-electron chi connectivity index (χ0n) is 10.8. The predicted molar refractivity (Wildman–Crippen MR) is 67.1 cm³/mol. The number of hydrogen-bond acceptors (Lipinski definition) is 2. The second kappa shape index (κ2) is 9.17. The first-order chi connectivity index (χ1) is 7.18. The van der Waals surface area contributed by atoms with Gasteiger partial charge in [-0.05, 0) is 39.7 Å². The molecule has 0 heterocycles. The van der Waals surface area contributed by atoms with E-state index < -0.39 is 0 Å². The summed E-state index contributed by atoms with van der Waals surface area (Å²) in [6, 6.07) is 0. The van der Waals surface area contributed by atoms with Gasteiger partial charge in [-0.1, -0.05) is 32.6 Å². The van der Waals surface area contributed by atoms with Gasteiger partial charge in [0.05, 0.1) is 5.60 Å². The number of nitrogens with two attached hydrogens (primary N) is 1. The molecule has 92 valence electrons. The molecular weight excluding hydrogens is 186 g/mol. The molecule has 0 spiro atoms. The van der Waals surface area contributed by atoms with Gasteiger partial charge >= 0.3 is 0 Å². The number of unbranched alkanes of at least 4 members (excludes halogenated alkanes) is 3. The molecule has 0 bridgehead atoms. The standard InChI is InChI=1S/C13H29NO/c1-4-6-7-8-10-13(3,15-5-2)11-9-12-14/h4-12,14H2,1-3H3. The average molecular weight is 215 g/mol. The molecule has 0 aromatic carbocycles. The maximum Gasteiger partial charge on any atom is 0.0654 e. The van der Waals surface area contributed by atoms with Crippen molar-refractivity contribution in [3.63, 3.8) is 0 Å². The van der Waals surface area contributed by atoms with E-state index in [1.807, 2.05) is 0 Å². The Morgan fingerprint density at radius 1 is 1.00 bits per heavy atom. The van der Waals surface area contributed by atoms with Crippen LogP contribution >= 0.6 is 0 Å². The molecule has 0 rings (SSSR count). The molecule has 0 saturated carbocycles. The van der Waals surface area contributed by atoms with Crippen molar-refractivity contribution in [1.82, 2.24) is 0 Å². The largest absolute Gasteiger partial charge is 0.376 e. The van der Waals surface area contributed by atoms with Gasteiger partial charge in [-0.2, -0.15) is 0 Å². The molecule has 2 nitrogen and oxygen atoms in total. The molecule has 0 amide bonds. The molecule has 1 unspecified atom stereocenters. The minimum Gasteiger partial charge on any atom is -0.376 e. The third-order valence-electron chi connectivity index (χ3n) is 2.96. The van der Waals surface area contributed by atoms with E-state index in [1.165, 1.54) is 32.1 Å². The molecule has 2 heteroatoms. The average Bonchev–Trinajstić information content (AvgIpc) is 2.22. The Labute approximate surface area is 95.6 Å². The van der Waals surface area contributed by atoms with E-state index in [0.717, 1.165) is 26.0 Å². The fourth-order valence-corrected chi connectivity index (χ4v) is 2.02. The van der Waals surface area contributed by atoms with Crippen LogP contribution in [0.3, 0.4) is 0 Å². The molecule has 2 N–H and O–H groups in total. The zero-order chi connectivity index (χ0) is 11.6. The maximum absolute atomic E-state index is 5.86. The van der Waals surface area contributed by atoms with Crippen LogP contribution in [-0.4, -0.2) is 18.8 Å². The van der Waals surface area contributed by atoms with Crippen molar-refractivity contribution in [3.8, 4) is 0 Å². The van der Waals surface area contributed by atoms with Crippen molar-refractivity contribution in [1.29, 1.82) is 0 Å². The van der Waals surface area contributed by atoms with Gasteiger partial charge in [-0.25, -0.2) is 0 Å². The lowest BCUT2D eigenvalue weighted by molar-refractivity contribution is -0.0395. The summed E-state index contributed by atoms with van der Waals surface area (Å²) in [5, 5.41) is 0. The number of ether oxygens (including phenoxy) is 1. The first kappa shape index (κ1) is 14.9. The van der Waals surface area contributed by atoms with Gasteiger partial charge in [0.1, 0.15) is 0 Å². The minimum absolute atomic E-state index is 0.0713. The number of rotatable bonds is 10. The molecule has 0 saturated heterocycles. The van der Waals surface area contributed by atoms with Gasteiger partial charge in [-0.3, -0.25) is 0 Å². The normalized spacial score (nSPS) is 15.2.